The number of thiophene rings is 1. The van der Waals surface area contributed by atoms with Crippen LogP contribution in [0.15, 0.2) is 47.5 Å². The van der Waals surface area contributed by atoms with Crippen molar-refractivity contribution in [3.63, 3.8) is 0 Å². The fraction of sp³-hybridized carbons (Fsp3) is 0.417. The zero-order valence-corrected chi connectivity index (χ0v) is 19.5. The van der Waals surface area contributed by atoms with E-state index in [4.69, 9.17) is 4.74 Å². The van der Waals surface area contributed by atoms with Crippen LogP contribution in [0.2, 0.25) is 0 Å². The number of nitrogens with zero attached hydrogens (tertiary/aromatic N) is 2. The largest absolute Gasteiger partial charge is 0.379 e. The molecule has 0 radical (unpaired) electrons. The van der Waals surface area contributed by atoms with Crippen LogP contribution in [0.5, 0.6) is 0 Å². The molecule has 6 nitrogen and oxygen atoms in total. The van der Waals surface area contributed by atoms with Crippen molar-refractivity contribution in [2.45, 2.75) is 40.2 Å². The summed E-state index contributed by atoms with van der Waals surface area (Å²) in [6.07, 6.45) is 0.737. The number of amides is 2. The number of rotatable bonds is 11. The lowest BCUT2D eigenvalue weighted by Gasteiger charge is -2.21. The summed E-state index contributed by atoms with van der Waals surface area (Å²) in [6.45, 7) is 10.9. The highest BCUT2D eigenvalue weighted by Gasteiger charge is 2.39. The van der Waals surface area contributed by atoms with Gasteiger partial charge in [0.25, 0.3) is 11.8 Å². The number of anilines is 2. The first-order chi connectivity index (χ1) is 15.0. The minimum atomic E-state index is -0.286. The molecule has 2 aromatic rings. The van der Waals surface area contributed by atoms with Gasteiger partial charge in [0.15, 0.2) is 0 Å². The molecule has 3 rings (SSSR count). The highest BCUT2D eigenvalue weighted by atomic mass is 32.1. The number of ether oxygens (including phenoxy) is 1. The number of carbonyl (C=O) groups is 2. The van der Waals surface area contributed by atoms with Crippen LogP contribution >= 0.6 is 11.3 Å². The Morgan fingerprint density at radius 2 is 1.77 bits per heavy atom. The molecular formula is C24H31N3O3S. The molecule has 0 unspecified atom stereocenters. The van der Waals surface area contributed by atoms with Crippen LogP contribution in [0.3, 0.4) is 0 Å². The summed E-state index contributed by atoms with van der Waals surface area (Å²) in [5.74, 6) is -0.537. The second-order valence-corrected chi connectivity index (χ2v) is 8.55. The second-order valence-electron chi connectivity index (χ2n) is 7.61. The van der Waals surface area contributed by atoms with E-state index in [9.17, 15) is 9.59 Å². The maximum absolute atomic E-state index is 13.2. The monoisotopic (exact) mass is 441 g/mol. The van der Waals surface area contributed by atoms with Gasteiger partial charge in [-0.05, 0) is 69.8 Å². The summed E-state index contributed by atoms with van der Waals surface area (Å²) < 4.78 is 5.56. The fourth-order valence-electron chi connectivity index (χ4n) is 3.57. The van der Waals surface area contributed by atoms with Gasteiger partial charge in [-0.1, -0.05) is 6.07 Å². The SMILES string of the molecule is CCN(CC)c1ccc(NC2=C(c3cccs3)C(=O)N(CCCOC(C)C)C2=O)cc1. The van der Waals surface area contributed by atoms with Gasteiger partial charge in [0.05, 0.1) is 11.7 Å². The third-order valence-corrected chi connectivity index (χ3v) is 6.07. The first-order valence-electron chi connectivity index (χ1n) is 10.8. The lowest BCUT2D eigenvalue weighted by atomic mass is 10.1. The van der Waals surface area contributed by atoms with Crippen molar-refractivity contribution in [3.05, 3.63) is 52.4 Å². The van der Waals surface area contributed by atoms with Crippen LogP contribution in [-0.2, 0) is 14.3 Å². The van der Waals surface area contributed by atoms with E-state index in [2.05, 4.69) is 24.1 Å². The summed E-state index contributed by atoms with van der Waals surface area (Å²) in [4.78, 5) is 30.7. The third-order valence-electron chi connectivity index (χ3n) is 5.18. The number of hydrogen-bond donors (Lipinski definition) is 1. The van der Waals surface area contributed by atoms with Crippen molar-refractivity contribution in [2.75, 3.05) is 36.5 Å². The second kappa shape index (κ2) is 10.6. The fourth-order valence-corrected chi connectivity index (χ4v) is 4.34. The normalized spacial score (nSPS) is 14.2. The van der Waals surface area contributed by atoms with Crippen LogP contribution < -0.4 is 10.2 Å². The first kappa shape index (κ1) is 23.0. The molecule has 7 heteroatoms. The first-order valence-corrected chi connectivity index (χ1v) is 11.7. The average Bonchev–Trinajstić information content (AvgIpc) is 3.35. The van der Waals surface area contributed by atoms with Gasteiger partial charge in [0.2, 0.25) is 0 Å². The van der Waals surface area contributed by atoms with Gasteiger partial charge in [-0.3, -0.25) is 14.5 Å². The molecule has 0 fully saturated rings. The van der Waals surface area contributed by atoms with Crippen molar-refractivity contribution in [1.82, 2.24) is 4.90 Å². The molecule has 2 amide bonds. The Kier molecular flexibility index (Phi) is 7.87. The predicted molar refractivity (Wildman–Crippen MR) is 127 cm³/mol. The van der Waals surface area contributed by atoms with Gasteiger partial charge in [0, 0.05) is 42.5 Å². The maximum Gasteiger partial charge on any atom is 0.278 e. The number of benzene rings is 1. The van der Waals surface area contributed by atoms with Crippen molar-refractivity contribution >= 4 is 40.1 Å². The van der Waals surface area contributed by atoms with E-state index >= 15 is 0 Å². The Balaban J connectivity index is 1.81. The molecule has 0 aliphatic carbocycles. The molecule has 0 atom stereocenters. The molecule has 31 heavy (non-hydrogen) atoms. The van der Waals surface area contributed by atoms with Crippen LogP contribution in [0.25, 0.3) is 5.57 Å². The minimum Gasteiger partial charge on any atom is -0.379 e. The lowest BCUT2D eigenvalue weighted by Crippen LogP contribution is -2.34. The predicted octanol–water partition coefficient (Wildman–Crippen LogP) is 4.60. The van der Waals surface area contributed by atoms with Gasteiger partial charge >= 0.3 is 0 Å². The molecule has 1 aliphatic rings. The Bertz CT molecular complexity index is 916. The molecule has 1 aromatic carbocycles. The molecule has 0 saturated heterocycles. The van der Waals surface area contributed by atoms with E-state index in [1.54, 1.807) is 0 Å². The minimum absolute atomic E-state index is 0.126. The Morgan fingerprint density at radius 1 is 1.06 bits per heavy atom. The van der Waals surface area contributed by atoms with Crippen LogP contribution in [0.1, 0.15) is 39.0 Å². The Hall–Kier alpha value is -2.64. The van der Waals surface area contributed by atoms with E-state index in [1.165, 1.54) is 16.2 Å². The molecule has 2 heterocycles. The summed E-state index contributed by atoms with van der Waals surface area (Å²) in [7, 11) is 0. The molecule has 0 bridgehead atoms. The van der Waals surface area contributed by atoms with E-state index in [0.29, 0.717) is 30.8 Å². The van der Waals surface area contributed by atoms with Gasteiger partial charge in [-0.2, -0.15) is 0 Å². The molecular weight excluding hydrogens is 410 g/mol. The van der Waals surface area contributed by atoms with Gasteiger partial charge in [-0.15, -0.1) is 11.3 Å². The Labute approximate surface area is 188 Å². The number of imide groups is 1. The maximum atomic E-state index is 13.2. The highest BCUT2D eigenvalue weighted by Crippen LogP contribution is 2.33. The number of carbonyl (C=O) groups excluding carboxylic acids is 2. The zero-order valence-electron chi connectivity index (χ0n) is 18.7. The lowest BCUT2D eigenvalue weighted by molar-refractivity contribution is -0.137. The topological polar surface area (TPSA) is 61.9 Å². The quantitative estimate of drug-likeness (QED) is 0.408. The summed E-state index contributed by atoms with van der Waals surface area (Å²) >= 11 is 1.46. The third kappa shape index (κ3) is 5.35. The molecule has 0 saturated carbocycles. The highest BCUT2D eigenvalue weighted by molar-refractivity contribution is 7.11. The van der Waals surface area contributed by atoms with Crippen molar-refractivity contribution in [1.29, 1.82) is 0 Å². The van der Waals surface area contributed by atoms with E-state index < -0.39 is 0 Å². The van der Waals surface area contributed by atoms with Gasteiger partial charge in [-0.25, -0.2) is 0 Å². The molecule has 0 spiro atoms. The zero-order chi connectivity index (χ0) is 22.4. The summed E-state index contributed by atoms with van der Waals surface area (Å²) in [5, 5.41) is 5.14. The summed E-state index contributed by atoms with van der Waals surface area (Å²) in [6, 6.07) is 11.7. The standard InChI is InChI=1S/C24H31N3O3S/c1-5-26(6-2)19-12-10-18(11-13-19)25-22-21(20-9-7-16-31-20)23(28)27(24(22)29)14-8-15-30-17(3)4/h7,9-13,16-17,25H,5-6,8,14-15H2,1-4H3. The van der Waals surface area contributed by atoms with Crippen molar-refractivity contribution in [3.8, 4) is 0 Å². The smallest absolute Gasteiger partial charge is 0.278 e. The van der Waals surface area contributed by atoms with Crippen LogP contribution in [0, 0.1) is 0 Å². The molecule has 1 aromatic heterocycles. The van der Waals surface area contributed by atoms with E-state index in [-0.39, 0.29) is 17.9 Å². The average molecular weight is 442 g/mol. The van der Waals surface area contributed by atoms with Crippen LogP contribution in [0.4, 0.5) is 11.4 Å². The van der Waals surface area contributed by atoms with Crippen LogP contribution in [-0.4, -0.2) is 49.1 Å². The van der Waals surface area contributed by atoms with Gasteiger partial charge < -0.3 is 15.0 Å². The number of nitrogens with one attached hydrogen (secondary N) is 1. The molecule has 166 valence electrons. The van der Waals surface area contributed by atoms with Crippen molar-refractivity contribution in [2.24, 2.45) is 0 Å². The number of hydrogen-bond acceptors (Lipinski definition) is 6. The molecule has 1 aliphatic heterocycles. The van der Waals surface area contributed by atoms with E-state index in [0.717, 1.165) is 29.3 Å². The summed E-state index contributed by atoms with van der Waals surface area (Å²) in [5.41, 5.74) is 2.69. The van der Waals surface area contributed by atoms with Crippen molar-refractivity contribution < 1.29 is 14.3 Å². The molecule has 1 N–H and O–H groups in total. The van der Waals surface area contributed by atoms with E-state index in [1.807, 2.05) is 55.6 Å². The van der Waals surface area contributed by atoms with Gasteiger partial charge in [0.1, 0.15) is 5.70 Å². The Morgan fingerprint density at radius 3 is 2.35 bits per heavy atom.